The third kappa shape index (κ3) is 4.97. The fraction of sp³-hybridized carbons (Fsp3) is 0.261. The predicted octanol–water partition coefficient (Wildman–Crippen LogP) is 3.42. The van der Waals surface area contributed by atoms with E-state index in [2.05, 4.69) is 22.1 Å². The summed E-state index contributed by atoms with van der Waals surface area (Å²) in [4.78, 5) is 31.0. The number of carbonyl (C=O) groups excluding carboxylic acids is 2. The summed E-state index contributed by atoms with van der Waals surface area (Å²) in [6, 6.07) is 13.1. The van der Waals surface area contributed by atoms with Crippen LogP contribution in [0.1, 0.15) is 45.6 Å². The standard InChI is InChI=1S/C23H21N3O3S/c27-21(9-8-17-5-2-1-3-6-17)26-12-10-18(11-13-26)23-25-20(16-30-23)22(28)24-15-19-7-4-14-29-19/h1-7,14,16,18H,10-13,15H2,(H,24,28). The van der Waals surface area contributed by atoms with Gasteiger partial charge in [0.1, 0.15) is 11.5 Å². The van der Waals surface area contributed by atoms with Gasteiger partial charge in [-0.2, -0.15) is 0 Å². The molecule has 0 spiro atoms. The zero-order chi connectivity index (χ0) is 20.8. The van der Waals surface area contributed by atoms with E-state index in [0.717, 1.165) is 23.4 Å². The Morgan fingerprint density at radius 2 is 1.97 bits per heavy atom. The molecule has 1 aromatic carbocycles. The van der Waals surface area contributed by atoms with Crippen molar-refractivity contribution in [2.24, 2.45) is 0 Å². The molecule has 1 aliphatic rings. The minimum atomic E-state index is -0.210. The third-order valence-corrected chi connectivity index (χ3v) is 5.98. The Morgan fingerprint density at radius 1 is 1.17 bits per heavy atom. The average molecular weight is 420 g/mol. The van der Waals surface area contributed by atoms with Gasteiger partial charge in [-0.3, -0.25) is 9.59 Å². The van der Waals surface area contributed by atoms with Crippen molar-refractivity contribution < 1.29 is 14.0 Å². The molecule has 1 N–H and O–H groups in total. The van der Waals surface area contributed by atoms with E-state index in [1.165, 1.54) is 11.3 Å². The lowest BCUT2D eigenvalue weighted by Crippen LogP contribution is -2.37. The van der Waals surface area contributed by atoms with Crippen molar-refractivity contribution in [1.29, 1.82) is 0 Å². The highest BCUT2D eigenvalue weighted by molar-refractivity contribution is 7.09. The van der Waals surface area contributed by atoms with Crippen LogP contribution in [0.4, 0.5) is 0 Å². The fourth-order valence-electron chi connectivity index (χ4n) is 3.31. The molecule has 0 saturated carbocycles. The van der Waals surface area contributed by atoms with Crippen molar-refractivity contribution in [3.63, 3.8) is 0 Å². The summed E-state index contributed by atoms with van der Waals surface area (Å²) in [6.45, 7) is 1.63. The van der Waals surface area contributed by atoms with Gasteiger partial charge in [0, 0.05) is 35.9 Å². The molecule has 4 rings (SSSR count). The van der Waals surface area contributed by atoms with Crippen molar-refractivity contribution in [3.05, 3.63) is 76.1 Å². The number of piperidine rings is 1. The van der Waals surface area contributed by atoms with E-state index in [0.29, 0.717) is 31.1 Å². The molecule has 30 heavy (non-hydrogen) atoms. The predicted molar refractivity (Wildman–Crippen MR) is 114 cm³/mol. The van der Waals surface area contributed by atoms with Crippen LogP contribution in [0, 0.1) is 11.8 Å². The van der Waals surface area contributed by atoms with Crippen LogP contribution in [-0.2, 0) is 11.3 Å². The summed E-state index contributed by atoms with van der Waals surface area (Å²) in [5.41, 5.74) is 1.26. The largest absolute Gasteiger partial charge is 0.467 e. The zero-order valence-corrected chi connectivity index (χ0v) is 17.2. The SMILES string of the molecule is O=C(NCc1ccco1)c1csc(C2CCN(C(=O)C#Cc3ccccc3)CC2)n1. The maximum atomic E-state index is 12.4. The number of hydrogen-bond donors (Lipinski definition) is 1. The van der Waals surface area contributed by atoms with Gasteiger partial charge in [0.2, 0.25) is 0 Å². The molecular formula is C23H21N3O3S. The van der Waals surface area contributed by atoms with Crippen LogP contribution in [0.25, 0.3) is 0 Å². The van der Waals surface area contributed by atoms with Crippen molar-refractivity contribution in [2.75, 3.05) is 13.1 Å². The number of aromatic nitrogens is 1. The van der Waals surface area contributed by atoms with Gasteiger partial charge in [-0.05, 0) is 37.1 Å². The van der Waals surface area contributed by atoms with Crippen molar-refractivity contribution >= 4 is 23.2 Å². The molecule has 0 aliphatic carbocycles. The molecule has 3 aromatic rings. The second kappa shape index (κ2) is 9.42. The van der Waals surface area contributed by atoms with Crippen LogP contribution in [0.5, 0.6) is 0 Å². The maximum absolute atomic E-state index is 12.4. The van der Waals surface area contributed by atoms with Gasteiger partial charge in [0.25, 0.3) is 11.8 Å². The molecule has 1 aliphatic heterocycles. The molecule has 152 valence electrons. The molecule has 3 heterocycles. The van der Waals surface area contributed by atoms with E-state index in [9.17, 15) is 9.59 Å². The molecule has 2 amide bonds. The van der Waals surface area contributed by atoms with Crippen LogP contribution in [-0.4, -0.2) is 34.8 Å². The molecule has 1 fully saturated rings. The molecule has 2 aromatic heterocycles. The molecule has 0 bridgehead atoms. The summed E-state index contributed by atoms with van der Waals surface area (Å²) in [7, 11) is 0. The van der Waals surface area contributed by atoms with Gasteiger partial charge in [0.05, 0.1) is 17.8 Å². The van der Waals surface area contributed by atoms with E-state index in [4.69, 9.17) is 4.42 Å². The van der Waals surface area contributed by atoms with Crippen LogP contribution in [0.15, 0.2) is 58.5 Å². The number of rotatable bonds is 4. The Labute approximate surface area is 178 Å². The lowest BCUT2D eigenvalue weighted by molar-refractivity contribution is -0.126. The number of carbonyl (C=O) groups is 2. The first-order chi connectivity index (χ1) is 14.7. The molecule has 0 radical (unpaired) electrons. The second-order valence-corrected chi connectivity index (χ2v) is 7.91. The van der Waals surface area contributed by atoms with Crippen LogP contribution in [0.3, 0.4) is 0 Å². The number of nitrogens with one attached hydrogen (secondary N) is 1. The highest BCUT2D eigenvalue weighted by Gasteiger charge is 2.25. The quantitative estimate of drug-likeness (QED) is 0.658. The Hall–Kier alpha value is -3.37. The normalized spacial score (nSPS) is 14.1. The summed E-state index contributed by atoms with van der Waals surface area (Å²) >= 11 is 1.50. The zero-order valence-electron chi connectivity index (χ0n) is 16.3. The fourth-order valence-corrected chi connectivity index (χ4v) is 4.28. The van der Waals surface area contributed by atoms with Crippen LogP contribution >= 0.6 is 11.3 Å². The van der Waals surface area contributed by atoms with E-state index in [-0.39, 0.29) is 17.7 Å². The lowest BCUT2D eigenvalue weighted by atomic mass is 9.97. The van der Waals surface area contributed by atoms with Crippen molar-refractivity contribution in [2.45, 2.75) is 25.3 Å². The lowest BCUT2D eigenvalue weighted by Gasteiger charge is -2.29. The average Bonchev–Trinajstić information content (AvgIpc) is 3.49. The number of likely N-dealkylation sites (tertiary alicyclic amines) is 1. The number of thiazole rings is 1. The van der Waals surface area contributed by atoms with Gasteiger partial charge < -0.3 is 14.6 Å². The third-order valence-electron chi connectivity index (χ3n) is 4.98. The minimum absolute atomic E-state index is 0.144. The van der Waals surface area contributed by atoms with Crippen LogP contribution < -0.4 is 5.32 Å². The van der Waals surface area contributed by atoms with Crippen molar-refractivity contribution in [3.8, 4) is 11.8 Å². The van der Waals surface area contributed by atoms with Crippen molar-refractivity contribution in [1.82, 2.24) is 15.2 Å². The smallest absolute Gasteiger partial charge is 0.298 e. The molecule has 1 saturated heterocycles. The highest BCUT2D eigenvalue weighted by atomic mass is 32.1. The van der Waals surface area contributed by atoms with Gasteiger partial charge in [-0.25, -0.2) is 4.98 Å². The second-order valence-electron chi connectivity index (χ2n) is 7.02. The molecular weight excluding hydrogens is 398 g/mol. The molecule has 6 nitrogen and oxygen atoms in total. The Kier molecular flexibility index (Phi) is 6.26. The summed E-state index contributed by atoms with van der Waals surface area (Å²) in [6.07, 6.45) is 3.21. The number of amides is 2. The Morgan fingerprint density at radius 3 is 2.70 bits per heavy atom. The summed E-state index contributed by atoms with van der Waals surface area (Å²) in [5, 5.41) is 5.54. The molecule has 7 heteroatoms. The summed E-state index contributed by atoms with van der Waals surface area (Å²) < 4.78 is 5.22. The maximum Gasteiger partial charge on any atom is 0.298 e. The Balaban J connectivity index is 1.28. The number of furan rings is 1. The van der Waals surface area contributed by atoms with Gasteiger partial charge >= 0.3 is 0 Å². The van der Waals surface area contributed by atoms with E-state index in [1.807, 2.05) is 36.4 Å². The van der Waals surface area contributed by atoms with Gasteiger partial charge in [-0.1, -0.05) is 24.1 Å². The number of nitrogens with zero attached hydrogens (tertiary/aromatic N) is 2. The molecule has 0 unspecified atom stereocenters. The first-order valence-corrected chi connectivity index (χ1v) is 10.7. The topological polar surface area (TPSA) is 75.4 Å². The Bertz CT molecular complexity index is 1060. The van der Waals surface area contributed by atoms with Gasteiger partial charge in [0.15, 0.2) is 0 Å². The number of benzene rings is 1. The monoisotopic (exact) mass is 419 g/mol. The minimum Gasteiger partial charge on any atom is -0.467 e. The number of hydrogen-bond acceptors (Lipinski definition) is 5. The van der Waals surface area contributed by atoms with E-state index in [1.54, 1.807) is 22.6 Å². The molecule has 0 atom stereocenters. The first kappa shape index (κ1) is 19.9. The van der Waals surface area contributed by atoms with E-state index >= 15 is 0 Å². The van der Waals surface area contributed by atoms with Crippen LogP contribution in [0.2, 0.25) is 0 Å². The summed E-state index contributed by atoms with van der Waals surface area (Å²) in [5.74, 6) is 6.25. The highest BCUT2D eigenvalue weighted by Crippen LogP contribution is 2.30. The van der Waals surface area contributed by atoms with Gasteiger partial charge in [-0.15, -0.1) is 11.3 Å². The first-order valence-electron chi connectivity index (χ1n) is 9.81. The van der Waals surface area contributed by atoms with E-state index < -0.39 is 0 Å².